The Morgan fingerprint density at radius 3 is 2.39 bits per heavy atom. The molecular weight excluding hydrogens is 350 g/mol. The fourth-order valence-electron chi connectivity index (χ4n) is 3.90. The second-order valence-corrected chi connectivity index (χ2v) is 7.92. The van der Waals surface area contributed by atoms with Crippen LogP contribution < -0.4 is 10.1 Å². The van der Waals surface area contributed by atoms with Gasteiger partial charge in [0.25, 0.3) is 0 Å². The Kier molecular flexibility index (Phi) is 6.35. The van der Waals surface area contributed by atoms with Gasteiger partial charge in [0.05, 0.1) is 6.04 Å². The third-order valence-corrected chi connectivity index (χ3v) is 5.57. The maximum absolute atomic E-state index is 12.8. The van der Waals surface area contributed by atoms with Crippen LogP contribution in [-0.4, -0.2) is 41.0 Å². The van der Waals surface area contributed by atoms with Crippen LogP contribution in [-0.2, 0) is 4.79 Å². The highest BCUT2D eigenvalue weighted by Crippen LogP contribution is 2.24. The Balaban J connectivity index is 1.55. The largest absolute Gasteiger partial charge is 0.474 e. The number of piperidine rings is 1. The molecule has 28 heavy (non-hydrogen) atoms. The second-order valence-electron chi connectivity index (χ2n) is 7.92. The van der Waals surface area contributed by atoms with E-state index in [1.807, 2.05) is 39.8 Å². The zero-order chi connectivity index (χ0) is 20.3. The van der Waals surface area contributed by atoms with Crippen molar-refractivity contribution in [3.05, 3.63) is 52.7 Å². The Morgan fingerprint density at radius 1 is 1.14 bits per heavy atom. The number of anilines is 1. The molecule has 1 aliphatic heterocycles. The minimum absolute atomic E-state index is 0.0509. The first-order chi connectivity index (χ1) is 13.3. The molecule has 1 atom stereocenters. The van der Waals surface area contributed by atoms with Crippen molar-refractivity contribution in [3.63, 3.8) is 0 Å². The molecule has 0 spiro atoms. The lowest BCUT2D eigenvalue weighted by molar-refractivity contribution is -0.121. The van der Waals surface area contributed by atoms with Crippen LogP contribution in [0.5, 0.6) is 5.88 Å². The topological polar surface area (TPSA) is 54.5 Å². The summed E-state index contributed by atoms with van der Waals surface area (Å²) >= 11 is 0. The van der Waals surface area contributed by atoms with Gasteiger partial charge in [0.2, 0.25) is 11.8 Å². The number of hydrogen-bond donors (Lipinski definition) is 1. The number of aryl methyl sites for hydroxylation is 4. The highest BCUT2D eigenvalue weighted by molar-refractivity contribution is 5.96. The van der Waals surface area contributed by atoms with Gasteiger partial charge in [-0.2, -0.15) is 0 Å². The summed E-state index contributed by atoms with van der Waals surface area (Å²) in [6.07, 6.45) is 3.72. The number of nitrogens with one attached hydrogen (secondary N) is 1. The van der Waals surface area contributed by atoms with Crippen molar-refractivity contribution in [3.8, 4) is 5.88 Å². The van der Waals surface area contributed by atoms with Gasteiger partial charge >= 0.3 is 0 Å². The molecule has 0 saturated carbocycles. The molecule has 1 aromatic carbocycles. The van der Waals surface area contributed by atoms with Gasteiger partial charge in [0.1, 0.15) is 6.10 Å². The molecule has 1 aromatic heterocycles. The highest BCUT2D eigenvalue weighted by atomic mass is 16.5. The summed E-state index contributed by atoms with van der Waals surface area (Å²) in [7, 11) is 0. The number of likely N-dealkylation sites (tertiary alicyclic amines) is 1. The zero-order valence-electron chi connectivity index (χ0n) is 17.6. The molecule has 1 amide bonds. The number of amides is 1. The summed E-state index contributed by atoms with van der Waals surface area (Å²) in [5.74, 6) is 0.770. The summed E-state index contributed by atoms with van der Waals surface area (Å²) in [5, 5.41) is 3.14. The molecule has 0 radical (unpaired) electrons. The average Bonchev–Trinajstić information content (AvgIpc) is 2.66. The molecule has 2 aromatic rings. The van der Waals surface area contributed by atoms with Crippen molar-refractivity contribution in [2.75, 3.05) is 18.4 Å². The Labute approximate surface area is 168 Å². The molecule has 1 fully saturated rings. The Hall–Kier alpha value is -2.40. The average molecular weight is 382 g/mol. The maximum Gasteiger partial charge on any atom is 0.241 e. The molecule has 2 heterocycles. The molecule has 1 aliphatic rings. The summed E-state index contributed by atoms with van der Waals surface area (Å²) < 4.78 is 6.07. The molecule has 5 heteroatoms. The number of carbonyl (C=O) groups is 1. The van der Waals surface area contributed by atoms with E-state index in [-0.39, 0.29) is 18.1 Å². The lowest BCUT2D eigenvalue weighted by atomic mass is 10.0. The van der Waals surface area contributed by atoms with Crippen molar-refractivity contribution >= 4 is 11.6 Å². The number of nitrogens with zero attached hydrogens (tertiary/aromatic N) is 2. The van der Waals surface area contributed by atoms with Crippen LogP contribution in [0.1, 0.15) is 42.0 Å². The number of aromatic nitrogens is 1. The van der Waals surface area contributed by atoms with Crippen LogP contribution in [0.3, 0.4) is 0 Å². The minimum Gasteiger partial charge on any atom is -0.474 e. The first-order valence-corrected chi connectivity index (χ1v) is 10.1. The van der Waals surface area contributed by atoms with Crippen LogP contribution in [0.2, 0.25) is 0 Å². The number of hydrogen-bond acceptors (Lipinski definition) is 4. The molecule has 3 rings (SSSR count). The molecule has 1 N–H and O–H groups in total. The van der Waals surface area contributed by atoms with Crippen LogP contribution in [0, 0.1) is 27.7 Å². The zero-order valence-corrected chi connectivity index (χ0v) is 17.6. The molecule has 0 aliphatic carbocycles. The SMILES string of the molecule is Cc1cc(C)c(NC(=O)C(C)N2CCC(Oc3ncccc3C)CC2)c(C)c1. The van der Waals surface area contributed by atoms with E-state index < -0.39 is 0 Å². The van der Waals surface area contributed by atoms with E-state index in [1.165, 1.54) is 5.56 Å². The first kappa shape index (κ1) is 20.3. The number of rotatable bonds is 5. The predicted molar refractivity (Wildman–Crippen MR) is 113 cm³/mol. The van der Waals surface area contributed by atoms with Gasteiger partial charge in [-0.3, -0.25) is 9.69 Å². The molecule has 0 bridgehead atoms. The summed E-state index contributed by atoms with van der Waals surface area (Å²) in [6, 6.07) is 7.98. The minimum atomic E-state index is -0.169. The van der Waals surface area contributed by atoms with Crippen LogP contribution >= 0.6 is 0 Å². The van der Waals surface area contributed by atoms with Gasteiger partial charge in [-0.05, 0) is 64.7 Å². The van der Waals surface area contributed by atoms with E-state index >= 15 is 0 Å². The van der Waals surface area contributed by atoms with E-state index in [4.69, 9.17) is 4.74 Å². The molecule has 1 unspecified atom stereocenters. The van der Waals surface area contributed by atoms with Gasteiger partial charge in [-0.25, -0.2) is 4.98 Å². The fraction of sp³-hybridized carbons (Fsp3) is 0.478. The van der Waals surface area contributed by atoms with E-state index in [9.17, 15) is 4.79 Å². The second kappa shape index (κ2) is 8.74. The van der Waals surface area contributed by atoms with E-state index in [0.717, 1.165) is 54.2 Å². The van der Waals surface area contributed by atoms with Crippen molar-refractivity contribution in [2.24, 2.45) is 0 Å². The Morgan fingerprint density at radius 2 is 1.79 bits per heavy atom. The van der Waals surface area contributed by atoms with Crippen LogP contribution in [0.4, 0.5) is 5.69 Å². The Bertz CT molecular complexity index is 818. The number of carbonyl (C=O) groups excluding carboxylic acids is 1. The van der Waals surface area contributed by atoms with Crippen molar-refractivity contribution in [2.45, 2.75) is 59.6 Å². The molecule has 150 valence electrons. The van der Waals surface area contributed by atoms with Gasteiger partial charge in [-0.15, -0.1) is 0 Å². The van der Waals surface area contributed by atoms with Crippen molar-refractivity contribution < 1.29 is 9.53 Å². The van der Waals surface area contributed by atoms with Crippen LogP contribution in [0.15, 0.2) is 30.5 Å². The third kappa shape index (κ3) is 4.71. The van der Waals surface area contributed by atoms with Crippen LogP contribution in [0.25, 0.3) is 0 Å². The molecular formula is C23H31N3O2. The molecule has 5 nitrogen and oxygen atoms in total. The summed E-state index contributed by atoms with van der Waals surface area (Å²) in [5.41, 5.74) is 5.42. The number of ether oxygens (including phenoxy) is 1. The predicted octanol–water partition coefficient (Wildman–Crippen LogP) is 4.19. The van der Waals surface area contributed by atoms with Crippen molar-refractivity contribution in [1.29, 1.82) is 0 Å². The van der Waals surface area contributed by atoms with E-state index in [1.54, 1.807) is 6.20 Å². The highest BCUT2D eigenvalue weighted by Gasteiger charge is 2.28. The number of benzene rings is 1. The van der Waals surface area contributed by atoms with Gasteiger partial charge in [0, 0.05) is 30.5 Å². The summed E-state index contributed by atoms with van der Waals surface area (Å²) in [6.45, 7) is 11.9. The van der Waals surface area contributed by atoms with Gasteiger partial charge in [0.15, 0.2) is 0 Å². The lowest BCUT2D eigenvalue weighted by Crippen LogP contribution is -2.48. The monoisotopic (exact) mass is 381 g/mol. The standard InChI is InChI=1S/C23H31N3O2/c1-15-13-17(3)21(18(4)14-15)25-22(27)19(5)26-11-8-20(9-12-26)28-23-16(2)7-6-10-24-23/h6-7,10,13-14,19-20H,8-9,11-12H2,1-5H3,(H,25,27). The first-order valence-electron chi connectivity index (χ1n) is 10.1. The smallest absolute Gasteiger partial charge is 0.241 e. The van der Waals surface area contributed by atoms with Crippen molar-refractivity contribution in [1.82, 2.24) is 9.88 Å². The van der Waals surface area contributed by atoms with Gasteiger partial charge < -0.3 is 10.1 Å². The molecule has 1 saturated heterocycles. The third-order valence-electron chi connectivity index (χ3n) is 5.57. The van der Waals surface area contributed by atoms with E-state index in [0.29, 0.717) is 0 Å². The fourth-order valence-corrected chi connectivity index (χ4v) is 3.90. The lowest BCUT2D eigenvalue weighted by Gasteiger charge is -2.35. The van der Waals surface area contributed by atoms with Gasteiger partial charge in [-0.1, -0.05) is 23.8 Å². The van der Waals surface area contributed by atoms with E-state index in [2.05, 4.69) is 34.3 Å². The number of pyridine rings is 1. The summed E-state index contributed by atoms with van der Waals surface area (Å²) in [4.78, 5) is 19.4. The maximum atomic E-state index is 12.8. The quantitative estimate of drug-likeness (QED) is 0.844. The normalized spacial score (nSPS) is 16.6.